The third-order valence-electron chi connectivity index (χ3n) is 2.92. The smallest absolute Gasteiger partial charge is 0.320 e. The van der Waals surface area contributed by atoms with Gasteiger partial charge in [0.25, 0.3) is 0 Å². The quantitative estimate of drug-likeness (QED) is 0.865. The summed E-state index contributed by atoms with van der Waals surface area (Å²) in [4.78, 5) is 13.1. The molecule has 1 aliphatic rings. The number of carbonyl (C=O) groups is 1. The molecule has 1 aromatic rings. The summed E-state index contributed by atoms with van der Waals surface area (Å²) >= 11 is 2.28. The van der Waals surface area contributed by atoms with E-state index in [-0.39, 0.29) is 6.04 Å². The van der Waals surface area contributed by atoms with Gasteiger partial charge < -0.3 is 5.11 Å². The molecule has 0 amide bonds. The lowest BCUT2D eigenvalue weighted by molar-refractivity contribution is -0.142. The van der Waals surface area contributed by atoms with Crippen molar-refractivity contribution in [2.24, 2.45) is 0 Å². The minimum absolute atomic E-state index is 0.294. The first kappa shape index (κ1) is 11.9. The van der Waals surface area contributed by atoms with Crippen molar-refractivity contribution in [2.45, 2.75) is 25.4 Å². The molecule has 0 bridgehead atoms. The Hall–Kier alpha value is -0.620. The van der Waals surface area contributed by atoms with E-state index in [1.165, 1.54) is 9.13 Å². The Kier molecular flexibility index (Phi) is 3.81. The number of rotatable bonds is 3. The molecule has 1 heterocycles. The maximum atomic E-state index is 11.0. The summed E-state index contributed by atoms with van der Waals surface area (Å²) in [5.41, 5.74) is 1.19. The first-order chi connectivity index (χ1) is 7.66. The van der Waals surface area contributed by atoms with Crippen molar-refractivity contribution in [3.63, 3.8) is 0 Å². The summed E-state index contributed by atoms with van der Waals surface area (Å²) in [6, 6.07) is 7.93. The van der Waals surface area contributed by atoms with Crippen LogP contribution < -0.4 is 0 Å². The monoisotopic (exact) mass is 331 g/mol. The number of hydrogen-bond donors (Lipinski definition) is 1. The topological polar surface area (TPSA) is 40.5 Å². The Bertz CT molecular complexity index is 394. The van der Waals surface area contributed by atoms with E-state index in [0.717, 1.165) is 25.9 Å². The molecular weight excluding hydrogens is 317 g/mol. The van der Waals surface area contributed by atoms with E-state index in [9.17, 15) is 4.79 Å². The first-order valence-electron chi connectivity index (χ1n) is 5.38. The number of halogens is 1. The minimum atomic E-state index is -0.692. The lowest BCUT2D eigenvalue weighted by atomic mass is 10.2. The molecule has 1 unspecified atom stereocenters. The molecule has 0 spiro atoms. The van der Waals surface area contributed by atoms with Crippen molar-refractivity contribution in [2.75, 3.05) is 6.54 Å². The van der Waals surface area contributed by atoms with Gasteiger partial charge >= 0.3 is 5.97 Å². The number of carboxylic acid groups (broad SMARTS) is 1. The van der Waals surface area contributed by atoms with Crippen molar-refractivity contribution >= 4 is 28.6 Å². The molecule has 4 heteroatoms. The SMILES string of the molecule is O=C(O)C1CCCN1Cc1cccc(I)c1. The Morgan fingerprint density at radius 1 is 1.56 bits per heavy atom. The van der Waals surface area contributed by atoms with Crippen LogP contribution in [0.15, 0.2) is 24.3 Å². The maximum Gasteiger partial charge on any atom is 0.320 e. The second-order valence-electron chi connectivity index (χ2n) is 4.10. The van der Waals surface area contributed by atoms with E-state index in [4.69, 9.17) is 5.11 Å². The summed E-state index contributed by atoms with van der Waals surface area (Å²) in [5, 5.41) is 9.07. The van der Waals surface area contributed by atoms with Crippen LogP contribution >= 0.6 is 22.6 Å². The molecule has 3 nitrogen and oxygen atoms in total. The molecule has 0 saturated carbocycles. The third-order valence-corrected chi connectivity index (χ3v) is 3.59. The largest absolute Gasteiger partial charge is 0.480 e. The molecule has 16 heavy (non-hydrogen) atoms. The standard InChI is InChI=1S/C12H14INO2/c13-10-4-1-3-9(7-10)8-14-6-2-5-11(14)12(15)16/h1,3-4,7,11H,2,5-6,8H2,(H,15,16). The summed E-state index contributed by atoms with van der Waals surface area (Å²) in [6.07, 6.45) is 1.76. The Morgan fingerprint density at radius 2 is 2.38 bits per heavy atom. The first-order valence-corrected chi connectivity index (χ1v) is 6.46. The van der Waals surface area contributed by atoms with Gasteiger partial charge in [0.2, 0.25) is 0 Å². The molecule has 1 aliphatic heterocycles. The van der Waals surface area contributed by atoms with Crippen molar-refractivity contribution in [3.8, 4) is 0 Å². The van der Waals surface area contributed by atoms with Gasteiger partial charge in [-0.3, -0.25) is 9.69 Å². The highest BCUT2D eigenvalue weighted by Crippen LogP contribution is 2.20. The molecule has 1 fully saturated rings. The molecule has 0 aliphatic carbocycles. The van der Waals surface area contributed by atoms with Crippen LogP contribution in [0.25, 0.3) is 0 Å². The molecule has 0 aromatic heterocycles. The third kappa shape index (κ3) is 2.74. The van der Waals surface area contributed by atoms with E-state index < -0.39 is 5.97 Å². The van der Waals surface area contributed by atoms with Crippen LogP contribution in [0.2, 0.25) is 0 Å². The van der Waals surface area contributed by atoms with E-state index in [1.807, 2.05) is 17.0 Å². The van der Waals surface area contributed by atoms with Crippen molar-refractivity contribution in [1.29, 1.82) is 0 Å². The van der Waals surface area contributed by atoms with Gasteiger partial charge in [-0.2, -0.15) is 0 Å². The van der Waals surface area contributed by atoms with Gasteiger partial charge in [0.05, 0.1) is 0 Å². The Balaban J connectivity index is 2.06. The van der Waals surface area contributed by atoms with Gasteiger partial charge in [0.1, 0.15) is 6.04 Å². The van der Waals surface area contributed by atoms with E-state index in [0.29, 0.717) is 0 Å². The van der Waals surface area contributed by atoms with Crippen LogP contribution in [0.5, 0.6) is 0 Å². The fraction of sp³-hybridized carbons (Fsp3) is 0.417. The number of carboxylic acids is 1. The minimum Gasteiger partial charge on any atom is -0.480 e. The Labute approximate surface area is 109 Å². The van der Waals surface area contributed by atoms with Crippen molar-refractivity contribution in [3.05, 3.63) is 33.4 Å². The zero-order valence-corrected chi connectivity index (χ0v) is 11.1. The lowest BCUT2D eigenvalue weighted by Gasteiger charge is -2.20. The van der Waals surface area contributed by atoms with Crippen LogP contribution in [-0.2, 0) is 11.3 Å². The number of hydrogen-bond acceptors (Lipinski definition) is 2. The number of likely N-dealkylation sites (tertiary alicyclic amines) is 1. The highest BCUT2D eigenvalue weighted by atomic mass is 127. The van der Waals surface area contributed by atoms with Gasteiger partial charge in [0.15, 0.2) is 0 Å². The fourth-order valence-corrected chi connectivity index (χ4v) is 2.77. The Morgan fingerprint density at radius 3 is 3.06 bits per heavy atom. The molecule has 86 valence electrons. The number of nitrogens with zero attached hydrogens (tertiary/aromatic N) is 1. The van der Waals surface area contributed by atoms with Gasteiger partial charge in [-0.15, -0.1) is 0 Å². The van der Waals surface area contributed by atoms with E-state index in [2.05, 4.69) is 34.7 Å². The van der Waals surface area contributed by atoms with E-state index in [1.54, 1.807) is 0 Å². The van der Waals surface area contributed by atoms with Gasteiger partial charge in [-0.1, -0.05) is 12.1 Å². The molecule has 2 rings (SSSR count). The predicted molar refractivity (Wildman–Crippen MR) is 70.2 cm³/mol. The number of benzene rings is 1. The molecule has 1 atom stereocenters. The van der Waals surface area contributed by atoms with Crippen molar-refractivity contribution in [1.82, 2.24) is 4.90 Å². The van der Waals surface area contributed by atoms with Gasteiger partial charge in [-0.05, 0) is 59.7 Å². The maximum absolute atomic E-state index is 11.0. The van der Waals surface area contributed by atoms with Crippen molar-refractivity contribution < 1.29 is 9.90 Å². The fourth-order valence-electron chi connectivity index (χ4n) is 2.16. The molecule has 1 aromatic carbocycles. The van der Waals surface area contributed by atoms with Crippen LogP contribution in [0.4, 0.5) is 0 Å². The van der Waals surface area contributed by atoms with Crippen LogP contribution in [0, 0.1) is 3.57 Å². The second-order valence-corrected chi connectivity index (χ2v) is 5.34. The van der Waals surface area contributed by atoms with Crippen LogP contribution in [0.1, 0.15) is 18.4 Å². The normalized spacial score (nSPS) is 21.2. The van der Waals surface area contributed by atoms with Crippen LogP contribution in [0.3, 0.4) is 0 Å². The summed E-state index contributed by atoms with van der Waals surface area (Å²) in [6.45, 7) is 1.64. The lowest BCUT2D eigenvalue weighted by Crippen LogP contribution is -2.35. The second kappa shape index (κ2) is 5.14. The molecular formula is C12H14INO2. The zero-order valence-electron chi connectivity index (χ0n) is 8.90. The molecule has 0 radical (unpaired) electrons. The summed E-state index contributed by atoms with van der Waals surface area (Å²) < 4.78 is 1.20. The predicted octanol–water partition coefficient (Wildman–Crippen LogP) is 2.34. The van der Waals surface area contributed by atoms with Gasteiger partial charge in [-0.25, -0.2) is 0 Å². The molecule has 1 saturated heterocycles. The highest BCUT2D eigenvalue weighted by molar-refractivity contribution is 14.1. The summed E-state index contributed by atoms with van der Waals surface area (Å²) in [7, 11) is 0. The summed E-state index contributed by atoms with van der Waals surface area (Å²) in [5.74, 6) is -0.692. The average Bonchev–Trinajstić information content (AvgIpc) is 2.66. The highest BCUT2D eigenvalue weighted by Gasteiger charge is 2.30. The average molecular weight is 331 g/mol. The zero-order chi connectivity index (χ0) is 11.5. The van der Waals surface area contributed by atoms with Gasteiger partial charge in [0, 0.05) is 10.1 Å². The number of aliphatic carboxylic acids is 1. The molecule has 1 N–H and O–H groups in total. The van der Waals surface area contributed by atoms with E-state index >= 15 is 0 Å². The van der Waals surface area contributed by atoms with Crippen LogP contribution in [-0.4, -0.2) is 28.6 Å².